The Labute approximate surface area is 128 Å². The third-order valence-electron chi connectivity index (χ3n) is 3.86. The van der Waals surface area contributed by atoms with Gasteiger partial charge < -0.3 is 10.6 Å². The summed E-state index contributed by atoms with van der Waals surface area (Å²) in [5.74, 6) is 0.339. The second-order valence-corrected chi connectivity index (χ2v) is 5.71. The van der Waals surface area contributed by atoms with Crippen LogP contribution in [0.15, 0.2) is 36.5 Å². The van der Waals surface area contributed by atoms with Crippen molar-refractivity contribution in [1.29, 1.82) is 0 Å². The summed E-state index contributed by atoms with van der Waals surface area (Å²) in [5.41, 5.74) is 8.71. The molecule has 0 amide bonds. The third-order valence-corrected chi connectivity index (χ3v) is 4.16. The second-order valence-electron chi connectivity index (χ2n) is 5.30. The van der Waals surface area contributed by atoms with Crippen molar-refractivity contribution in [3.05, 3.63) is 41.6 Å². The molecule has 1 aliphatic heterocycles. The maximum atomic E-state index is 13.2. The van der Waals surface area contributed by atoms with Crippen LogP contribution >= 0.6 is 11.6 Å². The molecule has 110 valence electrons. The molecule has 1 aliphatic rings. The number of piperidine rings is 1. The van der Waals surface area contributed by atoms with Gasteiger partial charge in [0, 0.05) is 30.5 Å². The van der Waals surface area contributed by atoms with Crippen LogP contribution in [0.3, 0.4) is 0 Å². The molecule has 0 spiro atoms. The Bertz CT molecular complexity index is 622. The Hall–Kier alpha value is -1.81. The van der Waals surface area contributed by atoms with Crippen molar-refractivity contribution in [3.63, 3.8) is 0 Å². The van der Waals surface area contributed by atoms with E-state index in [1.54, 1.807) is 6.20 Å². The highest BCUT2D eigenvalue weighted by atomic mass is 35.5. The average Bonchev–Trinajstić information content (AvgIpc) is 2.51. The Morgan fingerprint density at radius 2 is 1.81 bits per heavy atom. The van der Waals surface area contributed by atoms with Gasteiger partial charge in [-0.3, -0.25) is 0 Å². The molecule has 0 radical (unpaired) electrons. The summed E-state index contributed by atoms with van der Waals surface area (Å²) >= 11 is 6.00. The van der Waals surface area contributed by atoms with Crippen LogP contribution in [-0.4, -0.2) is 24.2 Å². The van der Waals surface area contributed by atoms with Gasteiger partial charge >= 0.3 is 0 Å². The summed E-state index contributed by atoms with van der Waals surface area (Å²) < 4.78 is 13.2. The van der Waals surface area contributed by atoms with Crippen molar-refractivity contribution in [2.45, 2.75) is 19.0 Å². The summed E-state index contributed by atoms with van der Waals surface area (Å²) in [7, 11) is 0. The molecule has 0 unspecified atom stereocenters. The van der Waals surface area contributed by atoms with Crippen molar-refractivity contribution in [3.8, 4) is 11.1 Å². The number of hydrogen-bond acceptors (Lipinski definition) is 3. The Morgan fingerprint density at radius 1 is 1.14 bits per heavy atom. The molecule has 0 bridgehead atoms. The van der Waals surface area contributed by atoms with Gasteiger partial charge in [0.2, 0.25) is 0 Å². The van der Waals surface area contributed by atoms with E-state index in [1.807, 2.05) is 18.2 Å². The summed E-state index contributed by atoms with van der Waals surface area (Å²) in [6.07, 6.45) is 2.28. The number of hydrogen-bond donors (Lipinski definition) is 1. The van der Waals surface area contributed by atoms with Gasteiger partial charge in [-0.2, -0.15) is 0 Å². The molecule has 3 rings (SSSR count). The Balaban J connectivity index is 1.79. The van der Waals surface area contributed by atoms with E-state index in [1.165, 1.54) is 0 Å². The number of nitrogens with two attached hydrogens (primary N) is 1. The third kappa shape index (κ3) is 3.10. The molecular formula is C16H17ClFN3. The molecule has 2 heterocycles. The molecule has 3 nitrogen and oxygen atoms in total. The van der Waals surface area contributed by atoms with Crippen molar-refractivity contribution >= 4 is 23.1 Å². The molecule has 0 atom stereocenters. The Kier molecular flexibility index (Phi) is 3.97. The lowest BCUT2D eigenvalue weighted by Crippen LogP contribution is -2.34. The van der Waals surface area contributed by atoms with Crippen molar-refractivity contribution in [2.75, 3.05) is 23.7 Å². The van der Waals surface area contributed by atoms with Crippen LogP contribution in [0.2, 0.25) is 5.02 Å². The maximum absolute atomic E-state index is 13.2. The lowest BCUT2D eigenvalue weighted by molar-refractivity contribution is 0.277. The average molecular weight is 306 g/mol. The highest BCUT2D eigenvalue weighted by Gasteiger charge is 2.18. The zero-order valence-corrected chi connectivity index (χ0v) is 12.4. The monoisotopic (exact) mass is 305 g/mol. The van der Waals surface area contributed by atoms with Crippen molar-refractivity contribution in [1.82, 2.24) is 4.98 Å². The number of nitrogen functional groups attached to an aromatic ring is 1. The van der Waals surface area contributed by atoms with Crippen LogP contribution in [-0.2, 0) is 0 Å². The molecule has 5 heteroatoms. The zero-order chi connectivity index (χ0) is 14.8. The number of benzene rings is 1. The Morgan fingerprint density at radius 3 is 2.43 bits per heavy atom. The van der Waals surface area contributed by atoms with E-state index in [-0.39, 0.29) is 0 Å². The van der Waals surface area contributed by atoms with Crippen LogP contribution < -0.4 is 10.6 Å². The highest BCUT2D eigenvalue weighted by Crippen LogP contribution is 2.28. The molecule has 1 saturated heterocycles. The molecule has 0 saturated carbocycles. The molecular weight excluding hydrogens is 289 g/mol. The fraction of sp³-hybridized carbons (Fsp3) is 0.312. The van der Waals surface area contributed by atoms with Crippen LogP contribution in [0.1, 0.15) is 12.8 Å². The van der Waals surface area contributed by atoms with Gasteiger partial charge in [0.15, 0.2) is 0 Å². The fourth-order valence-electron chi connectivity index (χ4n) is 2.58. The minimum absolute atomic E-state index is 0.339. The number of halogens is 2. The number of pyridine rings is 1. The predicted molar refractivity (Wildman–Crippen MR) is 85.4 cm³/mol. The quantitative estimate of drug-likeness (QED) is 0.914. The van der Waals surface area contributed by atoms with Gasteiger partial charge in [0.1, 0.15) is 12.0 Å². The molecule has 1 aromatic heterocycles. The van der Waals surface area contributed by atoms with Crippen LogP contribution in [0, 0.1) is 0 Å². The number of aromatic nitrogens is 1. The van der Waals surface area contributed by atoms with Gasteiger partial charge in [-0.25, -0.2) is 9.37 Å². The van der Waals surface area contributed by atoms with Gasteiger partial charge in [0.25, 0.3) is 0 Å². The summed E-state index contributed by atoms with van der Waals surface area (Å²) in [5, 5.41) is 0.460. The first-order chi connectivity index (χ1) is 10.1. The predicted octanol–water partition coefficient (Wildman–Crippen LogP) is 3.92. The molecule has 21 heavy (non-hydrogen) atoms. The molecule has 2 N–H and O–H groups in total. The number of nitrogens with zero attached hydrogens (tertiary/aromatic N) is 2. The SMILES string of the molecule is Nc1ncc(-c2ccc(N3CCC(F)CC3)cc2)cc1Cl. The summed E-state index contributed by atoms with van der Waals surface area (Å²) in [6.45, 7) is 1.55. The van der Waals surface area contributed by atoms with Gasteiger partial charge in [0.05, 0.1) is 5.02 Å². The van der Waals surface area contributed by atoms with E-state index < -0.39 is 6.17 Å². The minimum Gasteiger partial charge on any atom is -0.382 e. The largest absolute Gasteiger partial charge is 0.382 e. The van der Waals surface area contributed by atoms with E-state index in [0.29, 0.717) is 23.7 Å². The normalized spacial score (nSPS) is 16.2. The van der Waals surface area contributed by atoms with E-state index in [9.17, 15) is 4.39 Å². The van der Waals surface area contributed by atoms with Gasteiger partial charge in [-0.05, 0) is 36.6 Å². The molecule has 2 aromatic rings. The maximum Gasteiger partial charge on any atom is 0.142 e. The second kappa shape index (κ2) is 5.90. The van der Waals surface area contributed by atoms with Crippen LogP contribution in [0.25, 0.3) is 11.1 Å². The standard InChI is InChI=1S/C16H17ClFN3/c17-15-9-12(10-20-16(15)19)11-1-3-14(4-2-11)21-7-5-13(18)6-8-21/h1-4,9-10,13H,5-8H2,(H2,19,20). The van der Waals surface area contributed by atoms with E-state index in [4.69, 9.17) is 17.3 Å². The van der Waals surface area contributed by atoms with E-state index in [2.05, 4.69) is 22.0 Å². The minimum atomic E-state index is -0.650. The van der Waals surface area contributed by atoms with E-state index >= 15 is 0 Å². The first-order valence-electron chi connectivity index (χ1n) is 7.04. The van der Waals surface area contributed by atoms with Gasteiger partial charge in [-0.15, -0.1) is 0 Å². The van der Waals surface area contributed by atoms with Crippen molar-refractivity contribution in [2.24, 2.45) is 0 Å². The van der Waals surface area contributed by atoms with Crippen molar-refractivity contribution < 1.29 is 4.39 Å². The smallest absolute Gasteiger partial charge is 0.142 e. The lowest BCUT2D eigenvalue weighted by atomic mass is 10.1. The van der Waals surface area contributed by atoms with Crippen LogP contribution in [0.5, 0.6) is 0 Å². The first kappa shape index (κ1) is 14.1. The number of alkyl halides is 1. The molecule has 1 aromatic carbocycles. The molecule has 0 aliphatic carbocycles. The van der Waals surface area contributed by atoms with E-state index in [0.717, 1.165) is 29.9 Å². The number of rotatable bonds is 2. The van der Waals surface area contributed by atoms with Gasteiger partial charge in [-0.1, -0.05) is 23.7 Å². The lowest BCUT2D eigenvalue weighted by Gasteiger charge is -2.30. The number of anilines is 2. The summed E-state index contributed by atoms with van der Waals surface area (Å²) in [6, 6.07) is 9.98. The first-order valence-corrected chi connectivity index (χ1v) is 7.42. The van der Waals surface area contributed by atoms with Crippen LogP contribution in [0.4, 0.5) is 15.9 Å². The fourth-order valence-corrected chi connectivity index (χ4v) is 2.74. The molecule has 1 fully saturated rings. The topological polar surface area (TPSA) is 42.1 Å². The zero-order valence-electron chi connectivity index (χ0n) is 11.6. The highest BCUT2D eigenvalue weighted by molar-refractivity contribution is 6.33. The summed E-state index contributed by atoms with van der Waals surface area (Å²) in [4.78, 5) is 6.29.